The minimum absolute atomic E-state index is 0.0126. The molecule has 3 unspecified atom stereocenters. The van der Waals surface area contributed by atoms with Crippen molar-refractivity contribution in [3.8, 4) is 5.75 Å². The predicted octanol–water partition coefficient (Wildman–Crippen LogP) is 4.15. The highest BCUT2D eigenvalue weighted by molar-refractivity contribution is 5.95. The molecule has 1 heterocycles. The maximum Gasteiger partial charge on any atom is 0.254 e. The standard InChI is InChI=1S/C31H51N3O5/c1-22(2)34(30(35)25-14-13-23(3)28(17-25)39-16-10-15-37-5)21-27-19-32-18-26(27)20-33(4)31(36)29(38-6)24-11-8-7-9-12-24/h13-14,17,22,24,26-27,29,32H,7-12,15-16,18-21H2,1-6H3. The summed E-state index contributed by atoms with van der Waals surface area (Å²) in [4.78, 5) is 30.9. The zero-order valence-corrected chi connectivity index (χ0v) is 25.0. The van der Waals surface area contributed by atoms with Crippen LogP contribution in [0, 0.1) is 24.7 Å². The molecule has 220 valence electrons. The minimum Gasteiger partial charge on any atom is -0.493 e. The van der Waals surface area contributed by atoms with Crippen molar-refractivity contribution in [2.75, 3.05) is 60.7 Å². The number of benzene rings is 1. The van der Waals surface area contributed by atoms with Gasteiger partial charge in [-0.15, -0.1) is 0 Å². The first-order chi connectivity index (χ1) is 18.8. The van der Waals surface area contributed by atoms with Crippen LogP contribution < -0.4 is 10.1 Å². The third kappa shape index (κ3) is 8.66. The Morgan fingerprint density at radius 1 is 1.03 bits per heavy atom. The lowest BCUT2D eigenvalue weighted by atomic mass is 9.84. The van der Waals surface area contributed by atoms with Gasteiger partial charge in [-0.25, -0.2) is 0 Å². The first-order valence-electron chi connectivity index (χ1n) is 14.8. The number of rotatable bonds is 14. The molecule has 2 fully saturated rings. The van der Waals surface area contributed by atoms with Crippen molar-refractivity contribution < 1.29 is 23.8 Å². The normalized spacial score (nSPS) is 20.7. The van der Waals surface area contributed by atoms with Gasteiger partial charge in [0.05, 0.1) is 6.61 Å². The summed E-state index contributed by atoms with van der Waals surface area (Å²) in [5.74, 6) is 1.69. The van der Waals surface area contributed by atoms with Crippen LogP contribution >= 0.6 is 0 Å². The molecule has 39 heavy (non-hydrogen) atoms. The lowest BCUT2D eigenvalue weighted by Crippen LogP contribution is -2.46. The summed E-state index contributed by atoms with van der Waals surface area (Å²) in [5.41, 5.74) is 1.65. The Balaban J connectivity index is 1.64. The van der Waals surface area contributed by atoms with Crippen molar-refractivity contribution in [3.63, 3.8) is 0 Å². The van der Waals surface area contributed by atoms with Crippen molar-refractivity contribution in [1.82, 2.24) is 15.1 Å². The first-order valence-corrected chi connectivity index (χ1v) is 14.8. The van der Waals surface area contributed by atoms with E-state index in [2.05, 4.69) is 19.2 Å². The highest BCUT2D eigenvalue weighted by Gasteiger charge is 2.36. The summed E-state index contributed by atoms with van der Waals surface area (Å²) in [6, 6.07) is 5.76. The number of nitrogens with one attached hydrogen (secondary N) is 1. The number of carbonyl (C=O) groups excluding carboxylic acids is 2. The molecule has 1 aromatic rings. The molecule has 8 nitrogen and oxygen atoms in total. The van der Waals surface area contributed by atoms with E-state index in [1.165, 1.54) is 19.3 Å². The first kappa shape index (κ1) is 31.4. The monoisotopic (exact) mass is 545 g/mol. The molecule has 3 atom stereocenters. The Bertz CT molecular complexity index is 917. The number of ether oxygens (including phenoxy) is 3. The topological polar surface area (TPSA) is 80.3 Å². The van der Waals surface area contributed by atoms with E-state index in [-0.39, 0.29) is 35.8 Å². The van der Waals surface area contributed by atoms with E-state index in [0.717, 1.165) is 43.7 Å². The lowest BCUT2D eigenvalue weighted by Gasteiger charge is -2.34. The Kier molecular flexibility index (Phi) is 12.5. The van der Waals surface area contributed by atoms with E-state index < -0.39 is 0 Å². The quantitative estimate of drug-likeness (QED) is 0.354. The van der Waals surface area contributed by atoms with Gasteiger partial charge in [-0.2, -0.15) is 0 Å². The minimum atomic E-state index is -0.357. The van der Waals surface area contributed by atoms with Crippen molar-refractivity contribution in [2.45, 2.75) is 71.4 Å². The van der Waals surface area contributed by atoms with Gasteiger partial charge < -0.3 is 29.3 Å². The fraction of sp³-hybridized carbons (Fsp3) is 0.742. The summed E-state index contributed by atoms with van der Waals surface area (Å²) in [6.07, 6.45) is 6.18. The van der Waals surface area contributed by atoms with Crippen LogP contribution in [0.2, 0.25) is 0 Å². The van der Waals surface area contributed by atoms with E-state index in [4.69, 9.17) is 14.2 Å². The molecule has 1 aliphatic carbocycles. The zero-order valence-electron chi connectivity index (χ0n) is 25.0. The number of nitrogens with zero attached hydrogens (tertiary/aromatic N) is 2. The second-order valence-electron chi connectivity index (χ2n) is 11.7. The zero-order chi connectivity index (χ0) is 28.4. The Hall–Kier alpha value is -2.16. The molecule has 1 N–H and O–H groups in total. The molecule has 8 heteroatoms. The number of amides is 2. The van der Waals surface area contributed by atoms with Crippen molar-refractivity contribution in [3.05, 3.63) is 29.3 Å². The van der Waals surface area contributed by atoms with Gasteiger partial charge in [-0.1, -0.05) is 25.3 Å². The summed E-state index contributed by atoms with van der Waals surface area (Å²) in [6.45, 7) is 10.3. The van der Waals surface area contributed by atoms with E-state index in [1.807, 2.05) is 42.0 Å². The number of methoxy groups -OCH3 is 2. The molecule has 0 radical (unpaired) electrons. The number of likely N-dealkylation sites (N-methyl/N-ethyl adjacent to an activating group) is 1. The molecule has 1 aliphatic heterocycles. The van der Waals surface area contributed by atoms with Crippen molar-refractivity contribution >= 4 is 11.8 Å². The number of aryl methyl sites for hydroxylation is 1. The molecule has 0 bridgehead atoms. The van der Waals surface area contributed by atoms with Gasteiger partial charge >= 0.3 is 0 Å². The third-order valence-electron chi connectivity index (χ3n) is 8.44. The van der Waals surface area contributed by atoms with Crippen LogP contribution in [0.15, 0.2) is 18.2 Å². The van der Waals surface area contributed by atoms with E-state index in [0.29, 0.717) is 37.8 Å². The summed E-state index contributed by atoms with van der Waals surface area (Å²) in [7, 11) is 5.25. The molecular formula is C31H51N3O5. The van der Waals surface area contributed by atoms with Gasteiger partial charge in [0.15, 0.2) is 0 Å². The van der Waals surface area contributed by atoms with E-state index >= 15 is 0 Å². The highest BCUT2D eigenvalue weighted by Crippen LogP contribution is 2.29. The van der Waals surface area contributed by atoms with Gasteiger partial charge in [-0.05, 0) is 69.1 Å². The average molecular weight is 546 g/mol. The molecule has 1 saturated carbocycles. The Morgan fingerprint density at radius 2 is 1.72 bits per heavy atom. The molecule has 0 spiro atoms. The molecule has 1 aromatic carbocycles. The van der Waals surface area contributed by atoms with Crippen LogP contribution in [-0.2, 0) is 14.3 Å². The average Bonchev–Trinajstić information content (AvgIpc) is 3.37. The number of hydrogen-bond donors (Lipinski definition) is 1. The summed E-state index contributed by atoms with van der Waals surface area (Å²) >= 11 is 0. The van der Waals surface area contributed by atoms with Gasteiger partial charge in [0.25, 0.3) is 11.8 Å². The van der Waals surface area contributed by atoms with E-state index in [1.54, 1.807) is 14.2 Å². The summed E-state index contributed by atoms with van der Waals surface area (Å²) in [5, 5.41) is 3.51. The van der Waals surface area contributed by atoms with Crippen molar-refractivity contribution in [2.24, 2.45) is 17.8 Å². The largest absolute Gasteiger partial charge is 0.493 e. The van der Waals surface area contributed by atoms with Crippen LogP contribution in [0.3, 0.4) is 0 Å². The van der Waals surface area contributed by atoms with Crippen LogP contribution in [0.4, 0.5) is 0 Å². The third-order valence-corrected chi connectivity index (χ3v) is 8.44. The van der Waals surface area contributed by atoms with Gasteiger partial charge in [-0.3, -0.25) is 9.59 Å². The number of hydrogen-bond acceptors (Lipinski definition) is 6. The van der Waals surface area contributed by atoms with Crippen LogP contribution in [0.5, 0.6) is 5.75 Å². The molecule has 2 aliphatic rings. The molecular weight excluding hydrogens is 494 g/mol. The second kappa shape index (κ2) is 15.6. The van der Waals surface area contributed by atoms with Crippen LogP contribution in [-0.4, -0.2) is 94.4 Å². The Labute approximate surface area is 235 Å². The molecule has 1 saturated heterocycles. The van der Waals surface area contributed by atoms with Gasteiger partial charge in [0.1, 0.15) is 11.9 Å². The Morgan fingerprint density at radius 3 is 2.36 bits per heavy atom. The van der Waals surface area contributed by atoms with Crippen molar-refractivity contribution in [1.29, 1.82) is 0 Å². The second-order valence-corrected chi connectivity index (χ2v) is 11.7. The fourth-order valence-electron chi connectivity index (χ4n) is 6.03. The van der Waals surface area contributed by atoms with E-state index in [9.17, 15) is 9.59 Å². The van der Waals surface area contributed by atoms with Crippen LogP contribution in [0.25, 0.3) is 0 Å². The maximum atomic E-state index is 13.7. The maximum absolute atomic E-state index is 13.7. The molecule has 2 amide bonds. The predicted molar refractivity (Wildman–Crippen MR) is 154 cm³/mol. The smallest absolute Gasteiger partial charge is 0.254 e. The van der Waals surface area contributed by atoms with Gasteiger partial charge in [0.2, 0.25) is 0 Å². The summed E-state index contributed by atoms with van der Waals surface area (Å²) < 4.78 is 16.8. The number of carbonyl (C=O) groups is 2. The molecule has 0 aromatic heterocycles. The lowest BCUT2D eigenvalue weighted by molar-refractivity contribution is -0.145. The fourth-order valence-corrected chi connectivity index (χ4v) is 6.03. The SMILES string of the molecule is COCCCOc1cc(C(=O)N(CC2CNCC2CN(C)C(=O)C(OC)C2CCCCC2)C(C)C)ccc1C. The highest BCUT2D eigenvalue weighted by atomic mass is 16.5. The molecule has 3 rings (SSSR count). The van der Waals surface area contributed by atoms with Gasteiger partial charge in [0, 0.05) is 72.1 Å². The van der Waals surface area contributed by atoms with Crippen LogP contribution in [0.1, 0.15) is 68.3 Å².